The van der Waals surface area contributed by atoms with Crippen LogP contribution < -0.4 is 15.4 Å². The number of hydrogen-bond donors (Lipinski definition) is 3. The summed E-state index contributed by atoms with van der Waals surface area (Å²) in [6.07, 6.45) is 1.17. The molecule has 132 valence electrons. The number of halogens is 1. The molecule has 2 aromatic rings. The van der Waals surface area contributed by atoms with E-state index in [2.05, 4.69) is 20.6 Å². The summed E-state index contributed by atoms with van der Waals surface area (Å²) in [5, 5.41) is 16.5. The molecule has 7 nitrogen and oxygen atoms in total. The van der Waals surface area contributed by atoms with Gasteiger partial charge in [-0.3, -0.25) is 4.79 Å². The number of methoxy groups -OCH3 is 1. The molecule has 1 aliphatic rings. The summed E-state index contributed by atoms with van der Waals surface area (Å²) in [7, 11) is 1.64. The second-order valence-corrected chi connectivity index (χ2v) is 6.22. The molecule has 1 aliphatic heterocycles. The Balaban J connectivity index is 1.57. The number of carbonyl (C=O) groups is 1. The minimum absolute atomic E-state index is 0.115. The monoisotopic (exact) mass is 362 g/mol. The SMILES string of the molecule is COc1ccc2c(c1)CNC(C(O)CNC(=O)c1cc(Cl)ncn1)C2. The molecule has 2 atom stereocenters. The Morgan fingerprint density at radius 1 is 1.44 bits per heavy atom. The van der Waals surface area contributed by atoms with E-state index in [0.29, 0.717) is 13.0 Å². The summed E-state index contributed by atoms with van der Waals surface area (Å²) in [6, 6.07) is 7.15. The van der Waals surface area contributed by atoms with Crippen LogP contribution in [0.5, 0.6) is 5.75 Å². The fourth-order valence-corrected chi connectivity index (χ4v) is 2.95. The molecule has 25 heavy (non-hydrogen) atoms. The van der Waals surface area contributed by atoms with Gasteiger partial charge in [0.2, 0.25) is 0 Å². The summed E-state index contributed by atoms with van der Waals surface area (Å²) in [6.45, 7) is 0.757. The van der Waals surface area contributed by atoms with E-state index >= 15 is 0 Å². The normalized spacial score (nSPS) is 17.5. The van der Waals surface area contributed by atoms with Gasteiger partial charge in [0.1, 0.15) is 22.9 Å². The molecule has 8 heteroatoms. The van der Waals surface area contributed by atoms with E-state index in [1.807, 2.05) is 18.2 Å². The van der Waals surface area contributed by atoms with E-state index in [-0.39, 0.29) is 23.4 Å². The second-order valence-electron chi connectivity index (χ2n) is 5.83. The maximum atomic E-state index is 12.0. The summed E-state index contributed by atoms with van der Waals surface area (Å²) in [5.41, 5.74) is 2.49. The maximum Gasteiger partial charge on any atom is 0.270 e. The van der Waals surface area contributed by atoms with Crippen molar-refractivity contribution in [2.75, 3.05) is 13.7 Å². The molecular weight excluding hydrogens is 344 g/mol. The van der Waals surface area contributed by atoms with Crippen molar-refractivity contribution < 1.29 is 14.6 Å². The van der Waals surface area contributed by atoms with Crippen molar-refractivity contribution in [3.63, 3.8) is 0 Å². The van der Waals surface area contributed by atoms with Crippen molar-refractivity contribution in [3.05, 3.63) is 52.6 Å². The predicted molar refractivity (Wildman–Crippen MR) is 92.7 cm³/mol. The van der Waals surface area contributed by atoms with Crippen LogP contribution in [0.25, 0.3) is 0 Å². The van der Waals surface area contributed by atoms with Crippen LogP contribution in [0.15, 0.2) is 30.6 Å². The molecule has 0 fully saturated rings. The molecule has 3 rings (SSSR count). The predicted octanol–water partition coefficient (Wildman–Crippen LogP) is 0.944. The molecule has 3 N–H and O–H groups in total. The molecular formula is C17H19ClN4O3. The van der Waals surface area contributed by atoms with Gasteiger partial charge in [-0.2, -0.15) is 0 Å². The summed E-state index contributed by atoms with van der Waals surface area (Å²) in [4.78, 5) is 19.6. The first kappa shape index (κ1) is 17.6. The molecule has 2 unspecified atom stereocenters. The number of aliphatic hydroxyl groups is 1. The highest BCUT2D eigenvalue weighted by molar-refractivity contribution is 6.29. The number of amides is 1. The zero-order valence-electron chi connectivity index (χ0n) is 13.7. The van der Waals surface area contributed by atoms with Crippen LogP contribution in [0.1, 0.15) is 21.6 Å². The van der Waals surface area contributed by atoms with E-state index in [4.69, 9.17) is 16.3 Å². The molecule has 2 heterocycles. The molecule has 1 amide bonds. The van der Waals surface area contributed by atoms with Gasteiger partial charge < -0.3 is 20.5 Å². The largest absolute Gasteiger partial charge is 0.497 e. The van der Waals surface area contributed by atoms with Gasteiger partial charge in [-0.05, 0) is 29.7 Å². The lowest BCUT2D eigenvalue weighted by Gasteiger charge is -2.30. The standard InChI is InChI=1S/C17H19ClN4O3/c1-25-12-3-2-10-5-13(19-7-11(10)4-12)15(23)8-20-17(24)14-6-16(18)22-9-21-14/h2-4,6,9,13,15,19,23H,5,7-8H2,1H3,(H,20,24). The van der Waals surface area contributed by atoms with Gasteiger partial charge >= 0.3 is 0 Å². The minimum atomic E-state index is -0.725. The molecule has 0 radical (unpaired) electrons. The Morgan fingerprint density at radius 3 is 3.04 bits per heavy atom. The molecule has 0 aliphatic carbocycles. The van der Waals surface area contributed by atoms with Crippen LogP contribution in [-0.2, 0) is 13.0 Å². The quantitative estimate of drug-likeness (QED) is 0.685. The lowest BCUT2D eigenvalue weighted by Crippen LogP contribution is -2.49. The van der Waals surface area contributed by atoms with Gasteiger partial charge in [0.15, 0.2) is 0 Å². The zero-order valence-corrected chi connectivity index (χ0v) is 14.5. The Labute approximate surface area is 150 Å². The number of hydrogen-bond acceptors (Lipinski definition) is 6. The Hall–Kier alpha value is -2.22. The average Bonchev–Trinajstić information content (AvgIpc) is 2.64. The topological polar surface area (TPSA) is 96.4 Å². The van der Waals surface area contributed by atoms with Crippen molar-refractivity contribution in [1.82, 2.24) is 20.6 Å². The first-order valence-electron chi connectivity index (χ1n) is 7.90. The fourth-order valence-electron chi connectivity index (χ4n) is 2.80. The van der Waals surface area contributed by atoms with Gasteiger partial charge in [-0.25, -0.2) is 9.97 Å². The molecule has 0 spiro atoms. The lowest BCUT2D eigenvalue weighted by atomic mass is 9.92. The zero-order chi connectivity index (χ0) is 17.8. The van der Waals surface area contributed by atoms with E-state index in [0.717, 1.165) is 16.9 Å². The van der Waals surface area contributed by atoms with Gasteiger partial charge in [0.05, 0.1) is 13.2 Å². The van der Waals surface area contributed by atoms with Crippen LogP contribution in [0, 0.1) is 0 Å². The third kappa shape index (κ3) is 4.25. The van der Waals surface area contributed by atoms with E-state index < -0.39 is 12.0 Å². The van der Waals surface area contributed by atoms with Crippen molar-refractivity contribution in [3.8, 4) is 5.75 Å². The third-order valence-corrected chi connectivity index (χ3v) is 4.42. The first-order valence-corrected chi connectivity index (χ1v) is 8.27. The molecule has 1 aromatic carbocycles. The van der Waals surface area contributed by atoms with Crippen LogP contribution in [-0.4, -0.2) is 46.8 Å². The number of carbonyl (C=O) groups excluding carboxylic acids is 1. The van der Waals surface area contributed by atoms with Crippen molar-refractivity contribution >= 4 is 17.5 Å². The fraction of sp³-hybridized carbons (Fsp3) is 0.353. The summed E-state index contributed by atoms with van der Waals surface area (Å²) < 4.78 is 5.23. The number of fused-ring (bicyclic) bond motifs is 1. The summed E-state index contributed by atoms with van der Waals surface area (Å²) in [5.74, 6) is 0.416. The van der Waals surface area contributed by atoms with E-state index in [1.54, 1.807) is 7.11 Å². The minimum Gasteiger partial charge on any atom is -0.497 e. The van der Waals surface area contributed by atoms with E-state index in [9.17, 15) is 9.90 Å². The van der Waals surface area contributed by atoms with Crippen LogP contribution in [0.4, 0.5) is 0 Å². The van der Waals surface area contributed by atoms with Crippen molar-refractivity contribution in [2.45, 2.75) is 25.1 Å². The Kier molecular flexibility index (Phi) is 5.47. The number of rotatable bonds is 5. The average molecular weight is 363 g/mol. The Morgan fingerprint density at radius 2 is 2.28 bits per heavy atom. The maximum absolute atomic E-state index is 12.0. The number of aliphatic hydroxyl groups excluding tert-OH is 1. The van der Waals surface area contributed by atoms with Gasteiger partial charge in [0.25, 0.3) is 5.91 Å². The van der Waals surface area contributed by atoms with Crippen molar-refractivity contribution in [2.24, 2.45) is 0 Å². The molecule has 0 bridgehead atoms. The highest BCUT2D eigenvalue weighted by atomic mass is 35.5. The number of nitrogens with one attached hydrogen (secondary N) is 2. The van der Waals surface area contributed by atoms with Crippen LogP contribution in [0.3, 0.4) is 0 Å². The number of benzene rings is 1. The Bertz CT molecular complexity index is 771. The molecule has 1 aromatic heterocycles. The van der Waals surface area contributed by atoms with Crippen LogP contribution in [0.2, 0.25) is 5.15 Å². The lowest BCUT2D eigenvalue weighted by molar-refractivity contribution is 0.0865. The first-order chi connectivity index (χ1) is 12.1. The molecule has 0 saturated carbocycles. The summed E-state index contributed by atoms with van der Waals surface area (Å²) >= 11 is 5.74. The number of nitrogens with zero attached hydrogens (tertiary/aromatic N) is 2. The van der Waals surface area contributed by atoms with Gasteiger partial charge in [-0.1, -0.05) is 17.7 Å². The van der Waals surface area contributed by atoms with Gasteiger partial charge in [0, 0.05) is 25.2 Å². The highest BCUT2D eigenvalue weighted by Crippen LogP contribution is 2.23. The smallest absolute Gasteiger partial charge is 0.270 e. The van der Waals surface area contributed by atoms with Crippen molar-refractivity contribution in [1.29, 1.82) is 0 Å². The van der Waals surface area contributed by atoms with E-state index in [1.165, 1.54) is 12.4 Å². The van der Waals surface area contributed by atoms with Gasteiger partial charge in [-0.15, -0.1) is 0 Å². The molecule has 0 saturated heterocycles. The number of aromatic nitrogens is 2. The second kappa shape index (κ2) is 7.77. The highest BCUT2D eigenvalue weighted by Gasteiger charge is 2.25. The van der Waals surface area contributed by atoms with Crippen LogP contribution >= 0.6 is 11.6 Å². The number of ether oxygens (including phenoxy) is 1. The third-order valence-electron chi connectivity index (χ3n) is 4.21.